The van der Waals surface area contributed by atoms with Gasteiger partial charge in [0.15, 0.2) is 0 Å². The molecular weight excluding hydrogens is 445 g/mol. The largest absolute Gasteiger partial charge is 0.360 e. The lowest BCUT2D eigenvalue weighted by Gasteiger charge is -2.34. The minimum atomic E-state index is -0.234. The fourth-order valence-corrected chi connectivity index (χ4v) is 5.01. The van der Waals surface area contributed by atoms with Crippen molar-refractivity contribution < 1.29 is 9.23 Å². The third-order valence-corrected chi connectivity index (χ3v) is 6.89. The van der Waals surface area contributed by atoms with Gasteiger partial charge in [-0.05, 0) is 54.8 Å². The van der Waals surface area contributed by atoms with Crippen LogP contribution in [-0.2, 0) is 4.84 Å². The Balaban J connectivity index is 1.19. The van der Waals surface area contributed by atoms with Gasteiger partial charge in [0.05, 0.1) is 31.4 Å². The third-order valence-electron chi connectivity index (χ3n) is 6.89. The average molecular weight is 478 g/mol. The van der Waals surface area contributed by atoms with Crippen LogP contribution in [0, 0.1) is 11.2 Å². The van der Waals surface area contributed by atoms with E-state index in [0.717, 1.165) is 68.5 Å². The molecule has 0 saturated carbocycles. The second-order valence-electron chi connectivity index (χ2n) is 9.07. The van der Waals surface area contributed by atoms with E-state index in [9.17, 15) is 4.39 Å². The van der Waals surface area contributed by atoms with Crippen molar-refractivity contribution in [2.24, 2.45) is 4.99 Å². The number of hydrogen-bond donors (Lipinski definition) is 2. The summed E-state index contributed by atoms with van der Waals surface area (Å²) in [6.45, 7) is 4.86. The van der Waals surface area contributed by atoms with Gasteiger partial charge in [0.25, 0.3) is 0 Å². The van der Waals surface area contributed by atoms with Gasteiger partial charge in [0, 0.05) is 32.7 Å². The van der Waals surface area contributed by atoms with E-state index in [1.165, 1.54) is 6.07 Å². The molecule has 1 aromatic heterocycles. The third kappa shape index (κ3) is 5.36. The van der Waals surface area contributed by atoms with Crippen LogP contribution in [0.2, 0.25) is 0 Å². The van der Waals surface area contributed by atoms with Crippen LogP contribution >= 0.6 is 0 Å². The summed E-state index contributed by atoms with van der Waals surface area (Å²) in [6, 6.07) is 12.9. The Morgan fingerprint density at radius 2 is 1.97 bits per heavy atom. The van der Waals surface area contributed by atoms with Crippen LogP contribution in [0.1, 0.15) is 36.2 Å². The van der Waals surface area contributed by atoms with Gasteiger partial charge in [0.2, 0.25) is 0 Å². The number of nitrogens with one attached hydrogen (secondary N) is 2. The standard InChI is InChI=1S/C26H32FN7O/c1-35-33-15-13-32(14-16-33)26-9-3-7-21(31-26)22-18-29-25(30-22)11-10-24(28)34-12-4-8-23(34)19-5-2-6-20(27)17-19/h2-3,5-7,9-11,17,22-23,28H,4,8,12-16,18H2,1H3,(H,29,30)/b11-10-,28-24?. The van der Waals surface area contributed by atoms with Crippen LogP contribution in [0.4, 0.5) is 10.2 Å². The zero-order chi connectivity index (χ0) is 24.2. The maximum absolute atomic E-state index is 13.7. The molecule has 2 atom stereocenters. The van der Waals surface area contributed by atoms with Crippen LogP contribution in [0.3, 0.4) is 0 Å². The molecule has 2 aromatic rings. The van der Waals surface area contributed by atoms with Crippen LogP contribution in [-0.4, -0.2) is 73.0 Å². The summed E-state index contributed by atoms with van der Waals surface area (Å²) >= 11 is 0. The number of hydrogen-bond acceptors (Lipinski definition) is 7. The van der Waals surface area contributed by atoms with E-state index in [4.69, 9.17) is 15.2 Å². The van der Waals surface area contributed by atoms with E-state index < -0.39 is 0 Å². The highest BCUT2D eigenvalue weighted by Gasteiger charge is 2.28. The number of benzene rings is 1. The Bertz CT molecular complexity index is 1110. The fraction of sp³-hybridized carbons (Fsp3) is 0.423. The highest BCUT2D eigenvalue weighted by atomic mass is 19.1. The maximum atomic E-state index is 13.7. The molecule has 184 valence electrons. The predicted molar refractivity (Wildman–Crippen MR) is 135 cm³/mol. The molecule has 35 heavy (non-hydrogen) atoms. The average Bonchev–Trinajstić information content (AvgIpc) is 3.58. The Labute approximate surface area is 205 Å². The van der Waals surface area contributed by atoms with Crippen LogP contribution < -0.4 is 10.2 Å². The summed E-state index contributed by atoms with van der Waals surface area (Å²) in [7, 11) is 1.71. The van der Waals surface area contributed by atoms with Crippen molar-refractivity contribution in [2.75, 3.05) is 51.3 Å². The smallest absolute Gasteiger partial charge is 0.128 e. The highest BCUT2D eigenvalue weighted by molar-refractivity contribution is 6.01. The second kappa shape index (κ2) is 10.5. The molecule has 4 heterocycles. The number of aromatic nitrogens is 1. The first-order valence-electron chi connectivity index (χ1n) is 12.2. The first-order chi connectivity index (χ1) is 17.1. The van der Waals surface area contributed by atoms with Crippen molar-refractivity contribution in [3.05, 3.63) is 71.7 Å². The number of amidine groups is 2. The Hall–Kier alpha value is -3.30. The van der Waals surface area contributed by atoms with Gasteiger partial charge in [-0.15, -0.1) is 0 Å². The summed E-state index contributed by atoms with van der Waals surface area (Å²) < 4.78 is 13.7. The molecule has 3 aliphatic rings. The van der Waals surface area contributed by atoms with Crippen molar-refractivity contribution in [1.82, 2.24) is 20.3 Å². The van der Waals surface area contributed by atoms with Crippen molar-refractivity contribution in [1.29, 1.82) is 5.41 Å². The molecule has 2 saturated heterocycles. The maximum Gasteiger partial charge on any atom is 0.128 e. The molecular formula is C26H32FN7O. The Kier molecular flexibility index (Phi) is 7.06. The van der Waals surface area contributed by atoms with Gasteiger partial charge in [-0.1, -0.05) is 18.2 Å². The topological polar surface area (TPSA) is 80.1 Å². The van der Waals surface area contributed by atoms with Crippen molar-refractivity contribution in [3.63, 3.8) is 0 Å². The molecule has 3 aliphatic heterocycles. The van der Waals surface area contributed by atoms with Gasteiger partial charge in [-0.3, -0.25) is 10.4 Å². The van der Waals surface area contributed by atoms with Gasteiger partial charge < -0.3 is 20.0 Å². The number of rotatable bonds is 6. The highest BCUT2D eigenvalue weighted by Crippen LogP contribution is 2.32. The molecule has 2 N–H and O–H groups in total. The Morgan fingerprint density at radius 3 is 2.77 bits per heavy atom. The molecule has 0 aliphatic carbocycles. The lowest BCUT2D eigenvalue weighted by Crippen LogP contribution is -2.46. The molecule has 8 nitrogen and oxygen atoms in total. The van der Waals surface area contributed by atoms with E-state index in [1.807, 2.05) is 34.2 Å². The first-order valence-corrected chi connectivity index (χ1v) is 12.2. The van der Waals surface area contributed by atoms with Gasteiger partial charge in [-0.25, -0.2) is 9.37 Å². The van der Waals surface area contributed by atoms with Crippen molar-refractivity contribution in [2.45, 2.75) is 24.9 Å². The number of likely N-dealkylation sites (tertiary alicyclic amines) is 1. The van der Waals surface area contributed by atoms with E-state index in [-0.39, 0.29) is 17.9 Å². The lowest BCUT2D eigenvalue weighted by molar-refractivity contribution is -0.133. The molecule has 9 heteroatoms. The fourth-order valence-electron chi connectivity index (χ4n) is 5.01. The molecule has 2 fully saturated rings. The van der Waals surface area contributed by atoms with E-state index in [2.05, 4.69) is 21.3 Å². The number of piperazine rings is 1. The minimum absolute atomic E-state index is 0.0101. The molecule has 1 aromatic carbocycles. The summed E-state index contributed by atoms with van der Waals surface area (Å²) in [4.78, 5) is 19.2. The SMILES string of the molecule is CON1CCN(c2cccc(C3CN=C(/C=C\C(=N)N4CCCC4c4cccc(F)c4)N3)n2)CC1. The van der Waals surface area contributed by atoms with Crippen molar-refractivity contribution in [3.8, 4) is 0 Å². The van der Waals surface area contributed by atoms with Crippen LogP contribution in [0.25, 0.3) is 0 Å². The van der Waals surface area contributed by atoms with Gasteiger partial charge in [-0.2, -0.15) is 5.06 Å². The summed E-state index contributed by atoms with van der Waals surface area (Å²) in [5, 5.41) is 14.0. The van der Waals surface area contributed by atoms with Crippen molar-refractivity contribution >= 4 is 17.5 Å². The number of anilines is 1. The van der Waals surface area contributed by atoms with E-state index >= 15 is 0 Å². The number of nitrogens with zero attached hydrogens (tertiary/aromatic N) is 5. The number of aliphatic imine (C=N–C) groups is 1. The zero-order valence-electron chi connectivity index (χ0n) is 20.0. The molecule has 0 amide bonds. The van der Waals surface area contributed by atoms with E-state index in [0.29, 0.717) is 12.4 Å². The zero-order valence-corrected chi connectivity index (χ0v) is 20.0. The monoisotopic (exact) mass is 477 g/mol. The number of halogens is 1. The molecule has 0 bridgehead atoms. The quantitative estimate of drug-likeness (QED) is 0.491. The first kappa shape index (κ1) is 23.4. The minimum Gasteiger partial charge on any atom is -0.360 e. The molecule has 5 rings (SSSR count). The predicted octanol–water partition coefficient (Wildman–Crippen LogP) is 3.32. The van der Waals surface area contributed by atoms with Gasteiger partial charge >= 0.3 is 0 Å². The van der Waals surface area contributed by atoms with Gasteiger partial charge in [0.1, 0.15) is 23.3 Å². The molecule has 2 unspecified atom stereocenters. The Morgan fingerprint density at radius 1 is 1.14 bits per heavy atom. The molecule has 0 spiro atoms. The molecule has 0 radical (unpaired) electrons. The normalized spacial score (nSPS) is 23.1. The van der Waals surface area contributed by atoms with Crippen LogP contribution in [0.15, 0.2) is 59.6 Å². The second-order valence-corrected chi connectivity index (χ2v) is 9.07. The summed E-state index contributed by atoms with van der Waals surface area (Å²) in [5.74, 6) is 1.91. The summed E-state index contributed by atoms with van der Waals surface area (Å²) in [6.07, 6.45) is 5.55. The van der Waals surface area contributed by atoms with Crippen LogP contribution in [0.5, 0.6) is 0 Å². The lowest BCUT2D eigenvalue weighted by atomic mass is 10.0. The number of hydroxylamine groups is 2. The van der Waals surface area contributed by atoms with E-state index in [1.54, 1.807) is 25.3 Å². The number of pyridine rings is 1. The summed E-state index contributed by atoms with van der Waals surface area (Å²) in [5.41, 5.74) is 1.89.